The third-order valence-corrected chi connectivity index (χ3v) is 3.72. The zero-order valence-electron chi connectivity index (χ0n) is 13.6. The molecule has 2 heteroatoms. The number of rotatable bonds is 0. The Labute approximate surface area is 115 Å². The molecule has 0 aromatic heterocycles. The van der Waals surface area contributed by atoms with Crippen LogP contribution >= 0.6 is 0 Å². The second-order valence-corrected chi connectivity index (χ2v) is 6.56. The van der Waals surface area contributed by atoms with E-state index in [0.717, 1.165) is 5.92 Å². The van der Waals surface area contributed by atoms with Gasteiger partial charge in [0.15, 0.2) is 0 Å². The first-order valence-electron chi connectivity index (χ1n) is 7.88. The maximum atomic E-state index is 5.91. The Hall–Kier alpha value is -0.0800. The molecular weight excluding hydrogens is 220 g/mol. The van der Waals surface area contributed by atoms with E-state index in [1.807, 2.05) is 13.8 Å². The third-order valence-electron chi connectivity index (χ3n) is 3.72. The predicted molar refractivity (Wildman–Crippen MR) is 82.9 cm³/mol. The smallest absolute Gasteiger partial charge is 0.00392 e. The van der Waals surface area contributed by atoms with Crippen LogP contribution in [-0.4, -0.2) is 31.1 Å². The molecule has 0 aromatic carbocycles. The number of nitrogens with two attached hydrogens (primary N) is 1. The molecule has 1 spiro atoms. The summed E-state index contributed by atoms with van der Waals surface area (Å²) in [5.74, 6) is 0.833. The Morgan fingerprint density at radius 3 is 1.83 bits per heavy atom. The summed E-state index contributed by atoms with van der Waals surface area (Å²) in [6.45, 7) is 13.1. The topological polar surface area (TPSA) is 29.3 Å². The molecule has 2 fully saturated rings. The van der Waals surface area contributed by atoms with Crippen molar-refractivity contribution in [2.24, 2.45) is 17.1 Å². The van der Waals surface area contributed by atoms with Crippen LogP contribution < -0.4 is 5.73 Å². The Balaban J connectivity index is 0.000000415. The molecule has 0 amide bonds. The molecule has 18 heavy (non-hydrogen) atoms. The number of nitrogens with zero attached hydrogens (tertiary/aromatic N) is 1. The fourth-order valence-electron chi connectivity index (χ4n) is 2.82. The summed E-state index contributed by atoms with van der Waals surface area (Å²) in [5.41, 5.74) is 6.58. The van der Waals surface area contributed by atoms with Gasteiger partial charge in [0, 0.05) is 12.6 Å². The van der Waals surface area contributed by atoms with E-state index in [1.54, 1.807) is 0 Å². The van der Waals surface area contributed by atoms with Crippen LogP contribution in [0.25, 0.3) is 0 Å². The lowest BCUT2D eigenvalue weighted by Crippen LogP contribution is -2.35. The molecule has 2 aliphatic rings. The summed E-state index contributed by atoms with van der Waals surface area (Å²) < 4.78 is 0. The molecule has 2 nitrogen and oxygen atoms in total. The molecule has 1 aliphatic heterocycles. The maximum Gasteiger partial charge on any atom is 0.00392 e. The highest BCUT2D eigenvalue weighted by Crippen LogP contribution is 2.42. The fourth-order valence-corrected chi connectivity index (χ4v) is 2.82. The van der Waals surface area contributed by atoms with Gasteiger partial charge >= 0.3 is 0 Å². The van der Waals surface area contributed by atoms with E-state index >= 15 is 0 Å². The summed E-state index contributed by atoms with van der Waals surface area (Å²) in [7, 11) is 2.24. The normalized spacial score (nSPS) is 31.7. The lowest BCUT2D eigenvalue weighted by atomic mass is 9.72. The van der Waals surface area contributed by atoms with Gasteiger partial charge in [-0.2, -0.15) is 0 Å². The number of likely N-dealkylation sites (tertiary alicyclic amines) is 1. The molecule has 2 rings (SSSR count). The fraction of sp³-hybridized carbons (Fsp3) is 1.00. The van der Waals surface area contributed by atoms with Crippen LogP contribution in [0.5, 0.6) is 0 Å². The summed E-state index contributed by atoms with van der Waals surface area (Å²) >= 11 is 0. The quantitative estimate of drug-likeness (QED) is 0.712. The molecule has 0 bridgehead atoms. The molecule has 1 saturated heterocycles. The van der Waals surface area contributed by atoms with Gasteiger partial charge in [0.2, 0.25) is 0 Å². The molecule has 0 radical (unpaired) electrons. The van der Waals surface area contributed by atoms with Gasteiger partial charge in [-0.25, -0.2) is 0 Å². The molecule has 110 valence electrons. The van der Waals surface area contributed by atoms with E-state index in [1.165, 1.54) is 45.2 Å². The first-order valence-corrected chi connectivity index (χ1v) is 7.88. The summed E-state index contributed by atoms with van der Waals surface area (Å²) in [5, 5.41) is 0. The largest absolute Gasteiger partial charge is 0.328 e. The van der Waals surface area contributed by atoms with Gasteiger partial charge in [-0.3, -0.25) is 0 Å². The van der Waals surface area contributed by atoms with Gasteiger partial charge in [0.05, 0.1) is 0 Å². The molecule has 2 N–H and O–H groups in total. The summed E-state index contributed by atoms with van der Waals surface area (Å²) in [6, 6.07) is 0.501. The molecule has 1 saturated carbocycles. The number of hydrogen-bond acceptors (Lipinski definition) is 2. The van der Waals surface area contributed by atoms with Crippen LogP contribution in [0, 0.1) is 11.3 Å². The third kappa shape index (κ3) is 6.75. The number of hydrogen-bond donors (Lipinski definition) is 1. The monoisotopic (exact) mass is 256 g/mol. The average molecular weight is 256 g/mol. The van der Waals surface area contributed by atoms with Crippen LogP contribution in [0.2, 0.25) is 0 Å². The van der Waals surface area contributed by atoms with Crippen molar-refractivity contribution in [2.75, 3.05) is 20.1 Å². The summed E-state index contributed by atoms with van der Waals surface area (Å²) in [4.78, 5) is 2.47. The summed E-state index contributed by atoms with van der Waals surface area (Å²) in [6.07, 6.45) is 6.68. The van der Waals surface area contributed by atoms with E-state index in [2.05, 4.69) is 32.7 Å². The van der Waals surface area contributed by atoms with Crippen molar-refractivity contribution in [1.29, 1.82) is 0 Å². The van der Waals surface area contributed by atoms with Crippen molar-refractivity contribution in [2.45, 2.75) is 72.8 Å². The highest BCUT2D eigenvalue weighted by molar-refractivity contribution is 4.93. The average Bonchev–Trinajstić information content (AvgIpc) is 2.67. The van der Waals surface area contributed by atoms with Crippen LogP contribution in [0.1, 0.15) is 66.7 Å². The highest BCUT2D eigenvalue weighted by atomic mass is 15.1. The second-order valence-electron chi connectivity index (χ2n) is 6.56. The minimum absolute atomic E-state index is 0.501. The van der Waals surface area contributed by atoms with Gasteiger partial charge in [0.25, 0.3) is 0 Å². The highest BCUT2D eigenvalue weighted by Gasteiger charge is 2.38. The van der Waals surface area contributed by atoms with Crippen molar-refractivity contribution in [3.63, 3.8) is 0 Å². The Kier molecular flexibility index (Phi) is 8.89. The van der Waals surface area contributed by atoms with Gasteiger partial charge < -0.3 is 10.6 Å². The molecule has 1 heterocycles. The maximum absolute atomic E-state index is 5.91. The van der Waals surface area contributed by atoms with E-state index < -0.39 is 0 Å². The molecule has 0 unspecified atom stereocenters. The van der Waals surface area contributed by atoms with E-state index in [9.17, 15) is 0 Å². The van der Waals surface area contributed by atoms with Crippen molar-refractivity contribution in [3.8, 4) is 0 Å². The van der Waals surface area contributed by atoms with Gasteiger partial charge in [0.1, 0.15) is 0 Å². The van der Waals surface area contributed by atoms with Crippen molar-refractivity contribution < 1.29 is 0 Å². The minimum atomic E-state index is 0.501. The lowest BCUT2D eigenvalue weighted by molar-refractivity contribution is 0.182. The molecule has 0 atom stereocenters. The molecule has 1 aliphatic carbocycles. The van der Waals surface area contributed by atoms with Gasteiger partial charge in [-0.15, -0.1) is 0 Å². The van der Waals surface area contributed by atoms with E-state index in [-0.39, 0.29) is 0 Å². The van der Waals surface area contributed by atoms with Gasteiger partial charge in [-0.05, 0) is 57.0 Å². The lowest BCUT2D eigenvalue weighted by Gasteiger charge is -2.35. The van der Waals surface area contributed by atoms with Crippen LogP contribution in [0.3, 0.4) is 0 Å². The zero-order valence-corrected chi connectivity index (χ0v) is 13.6. The predicted octanol–water partition coefficient (Wildman–Crippen LogP) is 3.90. The van der Waals surface area contributed by atoms with E-state index in [4.69, 9.17) is 5.73 Å². The first-order chi connectivity index (χ1) is 8.43. The Morgan fingerprint density at radius 1 is 1.06 bits per heavy atom. The zero-order chi connectivity index (χ0) is 14.2. The molecule has 0 aromatic rings. The first kappa shape index (κ1) is 17.9. The van der Waals surface area contributed by atoms with E-state index in [0.29, 0.717) is 11.5 Å². The minimum Gasteiger partial charge on any atom is -0.328 e. The standard InChI is InChI=1S/C10H20N2.C4H10.C2H6/c1-12-7-6-10(8-12)4-2-9(11)3-5-10;1-4(2)3;1-2/h9H,2-8,11H2,1H3;4H,1-3H3;1-2H3. The van der Waals surface area contributed by atoms with Crippen LogP contribution in [0.15, 0.2) is 0 Å². The SMILES string of the molecule is CC.CC(C)C.CN1CCC2(CCC(N)CC2)C1. The van der Waals surface area contributed by atoms with Crippen molar-refractivity contribution in [1.82, 2.24) is 4.90 Å². The Bertz CT molecular complexity index is 191. The Morgan fingerprint density at radius 2 is 1.50 bits per heavy atom. The van der Waals surface area contributed by atoms with Crippen LogP contribution in [-0.2, 0) is 0 Å². The van der Waals surface area contributed by atoms with Crippen molar-refractivity contribution >= 4 is 0 Å². The van der Waals surface area contributed by atoms with Gasteiger partial charge in [-0.1, -0.05) is 34.6 Å². The molecular formula is C16H36N2. The van der Waals surface area contributed by atoms with Crippen molar-refractivity contribution in [3.05, 3.63) is 0 Å². The second kappa shape index (κ2) is 8.92. The van der Waals surface area contributed by atoms with Crippen LogP contribution in [0.4, 0.5) is 0 Å².